The summed E-state index contributed by atoms with van der Waals surface area (Å²) in [7, 11) is 1.74. The first-order valence-corrected chi connectivity index (χ1v) is 8.74. The van der Waals surface area contributed by atoms with Crippen LogP contribution in [0.15, 0.2) is 30.6 Å². The first kappa shape index (κ1) is 18.8. The van der Waals surface area contributed by atoms with Crippen LogP contribution >= 0.6 is 0 Å². The molecule has 0 atom stereocenters. The molecule has 2 heterocycles. The first-order chi connectivity index (χ1) is 13.0. The predicted octanol–water partition coefficient (Wildman–Crippen LogP) is 2.35. The fourth-order valence-corrected chi connectivity index (χ4v) is 2.90. The van der Waals surface area contributed by atoms with E-state index in [9.17, 15) is 9.18 Å². The number of hydrogen-bond donors (Lipinski definition) is 0. The molecule has 0 radical (unpaired) electrons. The number of amides is 1. The highest BCUT2D eigenvalue weighted by molar-refractivity contribution is 5.76. The summed E-state index contributed by atoms with van der Waals surface area (Å²) in [6, 6.07) is 5.82. The van der Waals surface area contributed by atoms with E-state index in [1.807, 2.05) is 13.8 Å². The number of aryl methyl sites for hydroxylation is 2. The maximum absolute atomic E-state index is 12.9. The average molecular weight is 371 g/mol. The van der Waals surface area contributed by atoms with Gasteiger partial charge in [0.05, 0.1) is 6.54 Å². The number of carbonyl (C=O) groups excluding carboxylic acids is 1. The molecule has 0 bridgehead atoms. The molecule has 3 rings (SSSR count). The Morgan fingerprint density at radius 3 is 2.74 bits per heavy atom. The Morgan fingerprint density at radius 1 is 1.26 bits per heavy atom. The number of halogens is 1. The van der Waals surface area contributed by atoms with Crippen molar-refractivity contribution < 1.29 is 13.9 Å². The molecule has 7 nitrogen and oxygen atoms in total. The third-order valence-electron chi connectivity index (χ3n) is 4.51. The molecule has 1 amide bonds. The van der Waals surface area contributed by atoms with Gasteiger partial charge in [0.2, 0.25) is 5.91 Å². The van der Waals surface area contributed by atoms with Crippen LogP contribution in [0.1, 0.15) is 23.4 Å². The number of rotatable bonds is 7. The Hall–Kier alpha value is -3.03. The molecule has 0 unspecified atom stereocenters. The summed E-state index contributed by atoms with van der Waals surface area (Å²) in [6.45, 7) is 4.67. The SMILES string of the molecule is Cc1nc2ncnn2c(C)c1CCC(=O)N(C)CCOc1ccc(F)cc1. The van der Waals surface area contributed by atoms with Crippen LogP contribution in [-0.4, -0.2) is 50.6 Å². The van der Waals surface area contributed by atoms with Crippen LogP contribution < -0.4 is 4.74 Å². The van der Waals surface area contributed by atoms with Crippen molar-refractivity contribution in [1.29, 1.82) is 0 Å². The van der Waals surface area contributed by atoms with Gasteiger partial charge in [-0.15, -0.1) is 0 Å². The Bertz CT molecular complexity index is 939. The van der Waals surface area contributed by atoms with E-state index in [1.165, 1.54) is 18.5 Å². The minimum absolute atomic E-state index is 0.0233. The fraction of sp³-hybridized carbons (Fsp3) is 0.368. The largest absolute Gasteiger partial charge is 0.492 e. The van der Waals surface area contributed by atoms with Gasteiger partial charge < -0.3 is 9.64 Å². The van der Waals surface area contributed by atoms with Crippen LogP contribution in [0.3, 0.4) is 0 Å². The zero-order chi connectivity index (χ0) is 19.4. The van der Waals surface area contributed by atoms with Gasteiger partial charge in [0.25, 0.3) is 5.78 Å². The first-order valence-electron chi connectivity index (χ1n) is 8.74. The highest BCUT2D eigenvalue weighted by Gasteiger charge is 2.14. The maximum Gasteiger partial charge on any atom is 0.252 e. The molecule has 0 aliphatic heterocycles. The number of nitrogens with zero attached hydrogens (tertiary/aromatic N) is 5. The van der Waals surface area contributed by atoms with E-state index >= 15 is 0 Å². The molecule has 0 saturated heterocycles. The lowest BCUT2D eigenvalue weighted by molar-refractivity contribution is -0.130. The van der Waals surface area contributed by atoms with Crippen molar-refractivity contribution in [3.8, 4) is 5.75 Å². The number of ether oxygens (including phenoxy) is 1. The average Bonchev–Trinajstić information content (AvgIpc) is 3.11. The van der Waals surface area contributed by atoms with Crippen LogP contribution in [0.5, 0.6) is 5.75 Å². The van der Waals surface area contributed by atoms with Crippen LogP contribution in [0.25, 0.3) is 5.78 Å². The number of carbonyl (C=O) groups is 1. The van der Waals surface area contributed by atoms with Gasteiger partial charge in [-0.3, -0.25) is 4.79 Å². The highest BCUT2D eigenvalue weighted by Crippen LogP contribution is 2.15. The van der Waals surface area contributed by atoms with Crippen LogP contribution in [-0.2, 0) is 11.2 Å². The smallest absolute Gasteiger partial charge is 0.252 e. The summed E-state index contributed by atoms with van der Waals surface area (Å²) in [5.74, 6) is 0.861. The van der Waals surface area contributed by atoms with Gasteiger partial charge in [-0.1, -0.05) is 0 Å². The Morgan fingerprint density at radius 2 is 2.00 bits per heavy atom. The summed E-state index contributed by atoms with van der Waals surface area (Å²) in [5.41, 5.74) is 2.82. The maximum atomic E-state index is 12.9. The minimum Gasteiger partial charge on any atom is -0.492 e. The molecule has 0 N–H and O–H groups in total. The number of hydrogen-bond acceptors (Lipinski definition) is 5. The fourth-order valence-electron chi connectivity index (χ4n) is 2.90. The molecule has 3 aromatic rings. The van der Waals surface area contributed by atoms with Crippen LogP contribution in [0.4, 0.5) is 4.39 Å². The molecule has 0 aliphatic rings. The molecule has 1 aromatic carbocycles. The van der Waals surface area contributed by atoms with Gasteiger partial charge in [-0.2, -0.15) is 10.1 Å². The van der Waals surface area contributed by atoms with Crippen molar-refractivity contribution in [3.63, 3.8) is 0 Å². The molecule has 0 fully saturated rings. The van der Waals surface area contributed by atoms with Crippen molar-refractivity contribution >= 4 is 11.7 Å². The predicted molar refractivity (Wildman–Crippen MR) is 98.1 cm³/mol. The lowest BCUT2D eigenvalue weighted by atomic mass is 10.1. The standard InChI is InChI=1S/C19H22FN5O2/c1-13-17(14(2)25-19(23-13)21-12-22-25)8-9-18(26)24(3)10-11-27-16-6-4-15(20)5-7-16/h4-7,12H,8-11H2,1-3H3. The second-order valence-corrected chi connectivity index (χ2v) is 6.35. The van der Waals surface area contributed by atoms with E-state index in [4.69, 9.17) is 4.74 Å². The van der Waals surface area contributed by atoms with Crippen molar-refractivity contribution in [2.45, 2.75) is 26.7 Å². The molecule has 142 valence electrons. The summed E-state index contributed by atoms with van der Waals surface area (Å²) in [6.07, 6.45) is 2.43. The lowest BCUT2D eigenvalue weighted by Crippen LogP contribution is -2.31. The number of fused-ring (bicyclic) bond motifs is 1. The zero-order valence-electron chi connectivity index (χ0n) is 15.6. The molecule has 2 aromatic heterocycles. The van der Waals surface area contributed by atoms with Gasteiger partial charge in [0, 0.05) is 24.9 Å². The summed E-state index contributed by atoms with van der Waals surface area (Å²) >= 11 is 0. The van der Waals surface area contributed by atoms with Crippen LogP contribution in [0, 0.1) is 19.7 Å². The van der Waals surface area contributed by atoms with E-state index < -0.39 is 0 Å². The van der Waals surface area contributed by atoms with Gasteiger partial charge in [0.15, 0.2) is 0 Å². The molecule has 0 aliphatic carbocycles. The third-order valence-corrected chi connectivity index (χ3v) is 4.51. The van der Waals surface area contributed by atoms with Crippen molar-refractivity contribution in [2.75, 3.05) is 20.2 Å². The van der Waals surface area contributed by atoms with E-state index in [0.717, 1.165) is 17.0 Å². The second kappa shape index (κ2) is 8.11. The summed E-state index contributed by atoms with van der Waals surface area (Å²) in [5, 5.41) is 4.16. The Labute approximate surface area is 156 Å². The normalized spacial score (nSPS) is 11.0. The number of likely N-dealkylation sites (N-methyl/N-ethyl adjacent to an activating group) is 1. The van der Waals surface area contributed by atoms with Crippen molar-refractivity contribution in [1.82, 2.24) is 24.5 Å². The van der Waals surface area contributed by atoms with Gasteiger partial charge in [-0.25, -0.2) is 13.9 Å². The van der Waals surface area contributed by atoms with E-state index in [-0.39, 0.29) is 11.7 Å². The van der Waals surface area contributed by atoms with Crippen LogP contribution in [0.2, 0.25) is 0 Å². The molecular weight excluding hydrogens is 349 g/mol. The van der Waals surface area contributed by atoms with E-state index in [0.29, 0.717) is 37.5 Å². The van der Waals surface area contributed by atoms with E-state index in [2.05, 4.69) is 15.1 Å². The van der Waals surface area contributed by atoms with E-state index in [1.54, 1.807) is 28.6 Å². The third kappa shape index (κ3) is 4.39. The zero-order valence-corrected chi connectivity index (χ0v) is 15.6. The molecule has 27 heavy (non-hydrogen) atoms. The molecule has 8 heteroatoms. The second-order valence-electron chi connectivity index (χ2n) is 6.35. The van der Waals surface area contributed by atoms with Gasteiger partial charge in [0.1, 0.15) is 24.5 Å². The number of benzene rings is 1. The van der Waals surface area contributed by atoms with Crippen molar-refractivity contribution in [3.05, 3.63) is 53.4 Å². The quantitative estimate of drug-likeness (QED) is 0.637. The topological polar surface area (TPSA) is 72.6 Å². The minimum atomic E-state index is -0.307. The van der Waals surface area contributed by atoms with Gasteiger partial charge in [-0.05, 0) is 50.1 Å². The molecule has 0 saturated carbocycles. The highest BCUT2D eigenvalue weighted by atomic mass is 19.1. The Balaban J connectivity index is 1.52. The lowest BCUT2D eigenvalue weighted by Gasteiger charge is -2.18. The monoisotopic (exact) mass is 371 g/mol. The Kier molecular flexibility index (Phi) is 5.63. The summed E-state index contributed by atoms with van der Waals surface area (Å²) < 4.78 is 20.1. The summed E-state index contributed by atoms with van der Waals surface area (Å²) in [4.78, 5) is 22.6. The molecular formula is C19H22FN5O2. The molecule has 0 spiro atoms. The number of aromatic nitrogens is 4. The van der Waals surface area contributed by atoms with Gasteiger partial charge >= 0.3 is 0 Å². The van der Waals surface area contributed by atoms with Crippen molar-refractivity contribution in [2.24, 2.45) is 0 Å².